The highest BCUT2D eigenvalue weighted by Gasteiger charge is 2.31. The predicted octanol–water partition coefficient (Wildman–Crippen LogP) is 3.44. The first-order valence-electron chi connectivity index (χ1n) is 7.72. The quantitative estimate of drug-likeness (QED) is 0.887. The lowest BCUT2D eigenvalue weighted by atomic mass is 9.94. The molecule has 0 radical (unpaired) electrons. The molecule has 19 heavy (non-hydrogen) atoms. The number of fused-ring (bicyclic) bond motifs is 1. The lowest BCUT2D eigenvalue weighted by Crippen LogP contribution is -2.45. The van der Waals surface area contributed by atoms with Crippen LogP contribution in [0, 0.1) is 5.92 Å². The van der Waals surface area contributed by atoms with Crippen LogP contribution in [0.2, 0.25) is 0 Å². The van der Waals surface area contributed by atoms with Crippen LogP contribution in [0.4, 0.5) is 0 Å². The molecule has 1 aliphatic carbocycles. The van der Waals surface area contributed by atoms with Gasteiger partial charge in [-0.05, 0) is 62.6 Å². The summed E-state index contributed by atoms with van der Waals surface area (Å²) in [5.41, 5.74) is 1.57. The molecular formula is C16H26N2S. The molecule has 3 heteroatoms. The molecule has 3 rings (SSSR count). The van der Waals surface area contributed by atoms with Crippen LogP contribution in [0.25, 0.3) is 0 Å². The highest BCUT2D eigenvalue weighted by atomic mass is 32.1. The van der Waals surface area contributed by atoms with E-state index in [1.165, 1.54) is 32.4 Å². The van der Waals surface area contributed by atoms with Gasteiger partial charge in [0.2, 0.25) is 0 Å². The Balaban J connectivity index is 1.61. The van der Waals surface area contributed by atoms with Crippen LogP contribution >= 0.6 is 11.3 Å². The zero-order valence-electron chi connectivity index (χ0n) is 12.4. The third-order valence-electron chi connectivity index (χ3n) is 4.98. The van der Waals surface area contributed by atoms with E-state index in [0.717, 1.165) is 12.0 Å². The van der Waals surface area contributed by atoms with Gasteiger partial charge in [-0.1, -0.05) is 6.92 Å². The number of nitrogens with one attached hydrogen (secondary N) is 1. The summed E-state index contributed by atoms with van der Waals surface area (Å²) in [5.74, 6) is 0.725. The molecule has 3 unspecified atom stereocenters. The molecule has 1 N–H and O–H groups in total. The third-order valence-corrected chi connectivity index (χ3v) is 5.97. The topological polar surface area (TPSA) is 15.3 Å². The minimum Gasteiger partial charge on any atom is -0.314 e. The molecule has 1 aromatic rings. The Morgan fingerprint density at radius 2 is 2.21 bits per heavy atom. The average Bonchev–Trinajstić information content (AvgIpc) is 3.11. The van der Waals surface area contributed by atoms with Crippen molar-refractivity contribution in [2.75, 3.05) is 13.1 Å². The Kier molecular flexibility index (Phi) is 3.97. The fourth-order valence-corrected chi connectivity index (χ4v) is 4.19. The summed E-state index contributed by atoms with van der Waals surface area (Å²) in [6.07, 6.45) is 4.02. The summed E-state index contributed by atoms with van der Waals surface area (Å²) in [6, 6.07) is 4.41. The monoisotopic (exact) mass is 278 g/mol. The highest BCUT2D eigenvalue weighted by molar-refractivity contribution is 7.10. The molecule has 1 fully saturated rings. The van der Waals surface area contributed by atoms with E-state index in [-0.39, 0.29) is 0 Å². The smallest absolute Gasteiger partial charge is 0.0333 e. The van der Waals surface area contributed by atoms with E-state index in [1.54, 1.807) is 10.4 Å². The van der Waals surface area contributed by atoms with Gasteiger partial charge in [-0.25, -0.2) is 0 Å². The van der Waals surface area contributed by atoms with E-state index in [2.05, 4.69) is 42.4 Å². The molecule has 0 saturated heterocycles. The molecule has 1 aromatic heterocycles. The lowest BCUT2D eigenvalue weighted by Gasteiger charge is -2.40. The molecule has 0 aromatic carbocycles. The SMILES string of the molecule is CC(CNC1CC1)C(C)N1CCc2sccc2C1C. The molecule has 1 saturated carbocycles. The molecule has 2 heterocycles. The van der Waals surface area contributed by atoms with Crippen LogP contribution in [0.5, 0.6) is 0 Å². The van der Waals surface area contributed by atoms with Crippen molar-refractivity contribution in [1.29, 1.82) is 0 Å². The highest BCUT2D eigenvalue weighted by Crippen LogP contribution is 2.35. The second-order valence-corrected chi connectivity index (χ2v) is 7.36. The van der Waals surface area contributed by atoms with Crippen molar-refractivity contribution in [3.8, 4) is 0 Å². The van der Waals surface area contributed by atoms with Gasteiger partial charge in [0.05, 0.1) is 0 Å². The fraction of sp³-hybridized carbons (Fsp3) is 0.750. The van der Waals surface area contributed by atoms with Gasteiger partial charge < -0.3 is 5.32 Å². The summed E-state index contributed by atoms with van der Waals surface area (Å²) < 4.78 is 0. The Labute approximate surface area is 121 Å². The summed E-state index contributed by atoms with van der Waals surface area (Å²) >= 11 is 1.93. The maximum absolute atomic E-state index is 3.68. The second-order valence-electron chi connectivity index (χ2n) is 6.36. The normalized spacial score (nSPS) is 27.0. The predicted molar refractivity (Wildman–Crippen MR) is 82.8 cm³/mol. The first-order chi connectivity index (χ1) is 9.16. The molecule has 0 bridgehead atoms. The minimum absolute atomic E-state index is 0.591. The van der Waals surface area contributed by atoms with Crippen LogP contribution in [-0.2, 0) is 6.42 Å². The molecule has 0 amide bonds. The first-order valence-corrected chi connectivity index (χ1v) is 8.60. The summed E-state index contributed by atoms with van der Waals surface area (Å²) in [5, 5.41) is 5.94. The standard InChI is InChI=1S/C16H26N2S/c1-11(10-17-14-4-5-14)12(2)18-8-6-16-15(13(18)3)7-9-19-16/h7,9,11-14,17H,4-6,8,10H2,1-3H3. The van der Waals surface area contributed by atoms with Crippen LogP contribution in [0.15, 0.2) is 11.4 Å². The summed E-state index contributed by atoms with van der Waals surface area (Å²) in [6.45, 7) is 9.58. The van der Waals surface area contributed by atoms with Crippen LogP contribution in [-0.4, -0.2) is 30.1 Å². The number of hydrogen-bond donors (Lipinski definition) is 1. The van der Waals surface area contributed by atoms with E-state index in [0.29, 0.717) is 12.1 Å². The Hall–Kier alpha value is -0.380. The van der Waals surface area contributed by atoms with Gasteiger partial charge in [-0.15, -0.1) is 11.3 Å². The average molecular weight is 278 g/mol. The van der Waals surface area contributed by atoms with Gasteiger partial charge in [0.15, 0.2) is 0 Å². The van der Waals surface area contributed by atoms with E-state index >= 15 is 0 Å². The number of thiophene rings is 1. The fourth-order valence-electron chi connectivity index (χ4n) is 3.22. The van der Waals surface area contributed by atoms with Crippen molar-refractivity contribution in [3.63, 3.8) is 0 Å². The van der Waals surface area contributed by atoms with E-state index in [9.17, 15) is 0 Å². The number of rotatable bonds is 5. The van der Waals surface area contributed by atoms with E-state index < -0.39 is 0 Å². The van der Waals surface area contributed by atoms with Crippen LogP contribution in [0.1, 0.15) is 50.1 Å². The molecular weight excluding hydrogens is 252 g/mol. The Morgan fingerprint density at radius 3 is 2.95 bits per heavy atom. The van der Waals surface area contributed by atoms with Crippen molar-refractivity contribution in [1.82, 2.24) is 10.2 Å². The summed E-state index contributed by atoms with van der Waals surface area (Å²) in [7, 11) is 0. The maximum atomic E-state index is 3.68. The zero-order chi connectivity index (χ0) is 13.4. The van der Waals surface area contributed by atoms with Gasteiger partial charge in [0.1, 0.15) is 0 Å². The first kappa shape index (κ1) is 13.6. The molecule has 0 spiro atoms. The van der Waals surface area contributed by atoms with Crippen molar-refractivity contribution >= 4 is 11.3 Å². The third kappa shape index (κ3) is 2.88. The van der Waals surface area contributed by atoms with Gasteiger partial charge in [-0.3, -0.25) is 4.90 Å². The summed E-state index contributed by atoms with van der Waals surface area (Å²) in [4.78, 5) is 4.31. The zero-order valence-corrected chi connectivity index (χ0v) is 13.2. The van der Waals surface area contributed by atoms with Crippen molar-refractivity contribution < 1.29 is 0 Å². The Morgan fingerprint density at radius 1 is 1.42 bits per heavy atom. The molecule has 3 atom stereocenters. The van der Waals surface area contributed by atoms with Gasteiger partial charge in [0.25, 0.3) is 0 Å². The number of nitrogens with zero attached hydrogens (tertiary/aromatic N) is 1. The van der Waals surface area contributed by atoms with Gasteiger partial charge in [0, 0.05) is 29.5 Å². The molecule has 2 aliphatic rings. The molecule has 2 nitrogen and oxygen atoms in total. The van der Waals surface area contributed by atoms with Crippen LogP contribution < -0.4 is 5.32 Å². The second kappa shape index (κ2) is 5.55. The molecule has 106 valence electrons. The Bertz CT molecular complexity index is 424. The van der Waals surface area contributed by atoms with E-state index in [1.807, 2.05) is 11.3 Å². The maximum Gasteiger partial charge on any atom is 0.0333 e. The largest absolute Gasteiger partial charge is 0.314 e. The molecule has 1 aliphatic heterocycles. The number of hydrogen-bond acceptors (Lipinski definition) is 3. The van der Waals surface area contributed by atoms with Crippen molar-refractivity contribution in [2.24, 2.45) is 5.92 Å². The van der Waals surface area contributed by atoms with Crippen LogP contribution in [0.3, 0.4) is 0 Å². The van der Waals surface area contributed by atoms with Crippen molar-refractivity contribution in [2.45, 2.75) is 58.2 Å². The van der Waals surface area contributed by atoms with Gasteiger partial charge in [-0.2, -0.15) is 0 Å². The van der Waals surface area contributed by atoms with E-state index in [4.69, 9.17) is 0 Å². The van der Waals surface area contributed by atoms with Crippen molar-refractivity contribution in [3.05, 3.63) is 21.9 Å². The lowest BCUT2D eigenvalue weighted by molar-refractivity contribution is 0.107. The van der Waals surface area contributed by atoms with Gasteiger partial charge >= 0.3 is 0 Å². The minimum atomic E-state index is 0.591.